The lowest BCUT2D eigenvalue weighted by atomic mass is 10.0. The summed E-state index contributed by atoms with van der Waals surface area (Å²) in [5, 5.41) is 7.42. The Balaban J connectivity index is 1.65. The molecule has 1 amide bonds. The smallest absolute Gasteiger partial charge is 0.251 e. The van der Waals surface area contributed by atoms with Gasteiger partial charge in [0.2, 0.25) is 0 Å². The number of carbonyl (C=O) groups is 1. The van der Waals surface area contributed by atoms with E-state index in [-0.39, 0.29) is 5.91 Å². The van der Waals surface area contributed by atoms with Crippen LogP contribution in [0.25, 0.3) is 16.6 Å². The number of aliphatic imine (C=N–C) groups is 1. The van der Waals surface area contributed by atoms with E-state index in [1.807, 2.05) is 12.4 Å². The Hall–Kier alpha value is -3.36. The molecule has 9 heteroatoms. The van der Waals surface area contributed by atoms with Crippen LogP contribution in [-0.2, 0) is 6.42 Å². The first kappa shape index (κ1) is 23.8. The van der Waals surface area contributed by atoms with Crippen molar-refractivity contribution in [2.75, 3.05) is 27.2 Å². The van der Waals surface area contributed by atoms with E-state index in [1.54, 1.807) is 31.6 Å². The molecule has 0 aliphatic carbocycles. The van der Waals surface area contributed by atoms with Gasteiger partial charge in [-0.15, -0.1) is 0 Å². The first-order chi connectivity index (χ1) is 16.5. The number of allylic oxidation sites excluding steroid dienone is 1. The minimum absolute atomic E-state index is 0.204. The van der Waals surface area contributed by atoms with Crippen molar-refractivity contribution in [3.8, 4) is 5.75 Å². The van der Waals surface area contributed by atoms with E-state index in [0.29, 0.717) is 28.8 Å². The van der Waals surface area contributed by atoms with E-state index in [4.69, 9.17) is 27.1 Å². The third-order valence-corrected chi connectivity index (χ3v) is 6.50. The van der Waals surface area contributed by atoms with Gasteiger partial charge in [-0.1, -0.05) is 11.6 Å². The van der Waals surface area contributed by atoms with Crippen LogP contribution >= 0.6 is 11.6 Å². The predicted octanol–water partition coefficient (Wildman–Crippen LogP) is 3.30. The third kappa shape index (κ3) is 5.08. The lowest BCUT2D eigenvalue weighted by molar-refractivity contribution is 0.0962. The van der Waals surface area contributed by atoms with E-state index in [2.05, 4.69) is 26.7 Å². The van der Waals surface area contributed by atoms with E-state index < -0.39 is 0 Å². The maximum absolute atomic E-state index is 12.2. The van der Waals surface area contributed by atoms with Crippen molar-refractivity contribution in [1.29, 1.82) is 0 Å². The van der Waals surface area contributed by atoms with Crippen LogP contribution in [0.4, 0.5) is 0 Å². The lowest BCUT2D eigenvalue weighted by Crippen LogP contribution is -2.29. The standard InChI is InChI=1S/C25H29ClN6O2/c1-28-25(33)16-7-15(23(26)22(10-16)34-2)8-18-13-32-24-21(18)9-17(12-31-24)19(11-27)14-30-20-3-5-29-6-4-20/h7,9-14,20,29H,3-6,8,27H2,1-2H3,(H,28,33)(H,31,32). The number of carbonyl (C=O) groups excluding carboxylic acids is 1. The predicted molar refractivity (Wildman–Crippen MR) is 137 cm³/mol. The number of hydrogen-bond donors (Lipinski definition) is 4. The van der Waals surface area contributed by atoms with Gasteiger partial charge >= 0.3 is 0 Å². The number of H-pyrrole nitrogens is 1. The van der Waals surface area contributed by atoms with E-state index >= 15 is 0 Å². The summed E-state index contributed by atoms with van der Waals surface area (Å²) >= 11 is 6.59. The van der Waals surface area contributed by atoms with Crippen molar-refractivity contribution in [2.45, 2.75) is 25.3 Å². The highest BCUT2D eigenvalue weighted by Gasteiger charge is 2.16. The summed E-state index contributed by atoms with van der Waals surface area (Å²) in [6.45, 7) is 1.97. The van der Waals surface area contributed by atoms with Crippen LogP contribution < -0.4 is 21.1 Å². The van der Waals surface area contributed by atoms with Crippen molar-refractivity contribution in [3.05, 3.63) is 64.1 Å². The zero-order chi connectivity index (χ0) is 24.1. The van der Waals surface area contributed by atoms with Gasteiger partial charge in [-0.3, -0.25) is 9.79 Å². The van der Waals surface area contributed by atoms with Crippen LogP contribution in [0, 0.1) is 0 Å². The second kappa shape index (κ2) is 10.7. The van der Waals surface area contributed by atoms with Crippen LogP contribution in [0.5, 0.6) is 5.75 Å². The van der Waals surface area contributed by atoms with Crippen LogP contribution in [0.15, 0.2) is 41.8 Å². The van der Waals surface area contributed by atoms with Gasteiger partial charge in [0.25, 0.3) is 5.91 Å². The van der Waals surface area contributed by atoms with Crippen LogP contribution in [0.1, 0.15) is 39.9 Å². The molecule has 1 aliphatic heterocycles. The molecule has 1 fully saturated rings. The Morgan fingerprint density at radius 3 is 2.79 bits per heavy atom. The Labute approximate surface area is 203 Å². The van der Waals surface area contributed by atoms with Gasteiger partial charge in [0.05, 0.1) is 18.2 Å². The number of hydrogen-bond acceptors (Lipinski definition) is 6. The molecular formula is C25H29ClN6O2. The molecule has 3 heterocycles. The molecule has 0 bridgehead atoms. The summed E-state index contributed by atoms with van der Waals surface area (Å²) < 4.78 is 5.40. The number of piperidine rings is 1. The summed E-state index contributed by atoms with van der Waals surface area (Å²) in [5.41, 5.74) is 10.7. The topological polar surface area (TPSA) is 117 Å². The number of methoxy groups -OCH3 is 1. The third-order valence-electron chi connectivity index (χ3n) is 6.07. The molecule has 3 aromatic rings. The van der Waals surface area contributed by atoms with Crippen molar-refractivity contribution in [2.24, 2.45) is 10.7 Å². The zero-order valence-electron chi connectivity index (χ0n) is 19.3. The normalized spacial score (nSPS) is 15.2. The molecule has 0 radical (unpaired) electrons. The fourth-order valence-corrected chi connectivity index (χ4v) is 4.38. The molecule has 2 aromatic heterocycles. The second-order valence-electron chi connectivity index (χ2n) is 8.22. The van der Waals surface area contributed by atoms with E-state index in [0.717, 1.165) is 59.2 Å². The van der Waals surface area contributed by atoms with Crippen molar-refractivity contribution in [1.82, 2.24) is 20.6 Å². The van der Waals surface area contributed by atoms with Gasteiger partial charge in [-0.25, -0.2) is 4.98 Å². The van der Waals surface area contributed by atoms with Crippen molar-refractivity contribution in [3.63, 3.8) is 0 Å². The molecule has 4 rings (SSSR count). The molecular weight excluding hydrogens is 452 g/mol. The van der Waals surface area contributed by atoms with Gasteiger partial charge in [-0.05, 0) is 55.3 Å². The zero-order valence-corrected chi connectivity index (χ0v) is 20.1. The van der Waals surface area contributed by atoms with Crippen LogP contribution in [0.3, 0.4) is 0 Å². The number of pyridine rings is 1. The minimum atomic E-state index is -0.204. The van der Waals surface area contributed by atoms with Crippen molar-refractivity contribution < 1.29 is 9.53 Å². The SMILES string of the molecule is CNC(=O)c1cc(Cc2c[nH]c3ncc(C(C=NC4CCNCC4)=CN)cc23)c(Cl)c(OC)c1. The highest BCUT2D eigenvalue weighted by atomic mass is 35.5. The molecule has 178 valence electrons. The van der Waals surface area contributed by atoms with Gasteiger partial charge in [0, 0.05) is 60.4 Å². The molecule has 1 aromatic carbocycles. The number of fused-ring (bicyclic) bond motifs is 1. The Morgan fingerprint density at radius 1 is 1.29 bits per heavy atom. The first-order valence-corrected chi connectivity index (χ1v) is 11.6. The minimum Gasteiger partial charge on any atom is -0.495 e. The number of amides is 1. The molecule has 0 atom stereocenters. The molecule has 34 heavy (non-hydrogen) atoms. The molecule has 0 saturated carbocycles. The number of nitrogens with one attached hydrogen (secondary N) is 3. The number of nitrogens with two attached hydrogens (primary N) is 1. The van der Waals surface area contributed by atoms with Gasteiger partial charge in [0.15, 0.2) is 0 Å². The molecule has 0 spiro atoms. The number of rotatable bonds is 7. The second-order valence-corrected chi connectivity index (χ2v) is 8.60. The highest BCUT2D eigenvalue weighted by molar-refractivity contribution is 6.33. The fourth-order valence-electron chi connectivity index (χ4n) is 4.13. The molecule has 0 unspecified atom stereocenters. The number of ether oxygens (including phenoxy) is 1. The number of benzene rings is 1. The number of aromatic amines is 1. The molecule has 1 saturated heterocycles. The number of aromatic nitrogens is 2. The average molecular weight is 481 g/mol. The Kier molecular flexibility index (Phi) is 7.49. The maximum Gasteiger partial charge on any atom is 0.251 e. The lowest BCUT2D eigenvalue weighted by Gasteiger charge is -2.18. The molecule has 1 aliphatic rings. The van der Waals surface area contributed by atoms with Gasteiger partial charge < -0.3 is 26.1 Å². The monoisotopic (exact) mass is 480 g/mol. The molecule has 5 N–H and O–H groups in total. The van der Waals surface area contributed by atoms with Crippen molar-refractivity contribution >= 4 is 40.3 Å². The summed E-state index contributed by atoms with van der Waals surface area (Å²) in [6, 6.07) is 5.78. The van der Waals surface area contributed by atoms with Crippen LogP contribution in [-0.4, -0.2) is 55.4 Å². The van der Waals surface area contributed by atoms with Gasteiger partial charge in [0.1, 0.15) is 11.4 Å². The fraction of sp³-hybridized carbons (Fsp3) is 0.320. The summed E-state index contributed by atoms with van der Waals surface area (Å²) in [7, 11) is 3.12. The molecule has 8 nitrogen and oxygen atoms in total. The highest BCUT2D eigenvalue weighted by Crippen LogP contribution is 2.33. The Bertz CT molecular complexity index is 1240. The van der Waals surface area contributed by atoms with E-state index in [9.17, 15) is 4.79 Å². The van der Waals surface area contributed by atoms with Gasteiger partial charge in [-0.2, -0.15) is 0 Å². The first-order valence-electron chi connectivity index (χ1n) is 11.2. The van der Waals surface area contributed by atoms with Crippen LogP contribution in [0.2, 0.25) is 5.02 Å². The van der Waals surface area contributed by atoms with E-state index in [1.165, 1.54) is 7.11 Å². The Morgan fingerprint density at radius 2 is 2.09 bits per heavy atom. The summed E-state index contributed by atoms with van der Waals surface area (Å²) in [5.74, 6) is 0.253. The largest absolute Gasteiger partial charge is 0.495 e. The number of nitrogens with zero attached hydrogens (tertiary/aromatic N) is 2. The summed E-state index contributed by atoms with van der Waals surface area (Å²) in [4.78, 5) is 24.8. The maximum atomic E-state index is 12.2. The average Bonchev–Trinajstić information content (AvgIpc) is 3.27. The quantitative estimate of drug-likeness (QED) is 0.387. The number of halogens is 1. The summed E-state index contributed by atoms with van der Waals surface area (Å²) in [6.07, 6.45) is 9.65.